The zero-order chi connectivity index (χ0) is 11.4. The third-order valence-electron chi connectivity index (χ3n) is 2.61. The molecule has 0 bridgehead atoms. The van der Waals surface area contributed by atoms with Crippen LogP contribution in [0.4, 0.5) is 8.78 Å². The van der Waals surface area contributed by atoms with Gasteiger partial charge in [0.25, 0.3) is 0 Å². The molecule has 0 spiro atoms. The second-order valence-corrected chi connectivity index (χ2v) is 4.99. The molecule has 0 radical (unpaired) electrons. The molecule has 0 aliphatic carbocycles. The highest BCUT2D eigenvalue weighted by molar-refractivity contribution is 9.09. The minimum Gasteiger partial charge on any atom is -0.207 e. The highest BCUT2D eigenvalue weighted by Crippen LogP contribution is 2.32. The molecule has 0 amide bonds. The summed E-state index contributed by atoms with van der Waals surface area (Å²) in [5.41, 5.74) is 0.539. The first kappa shape index (κ1) is 12.6. The van der Waals surface area contributed by atoms with Crippen molar-refractivity contribution in [3.63, 3.8) is 0 Å². The molecule has 0 fully saturated rings. The average molecular weight is 277 g/mol. The van der Waals surface area contributed by atoms with Crippen LogP contribution in [0.5, 0.6) is 0 Å². The molecule has 15 heavy (non-hydrogen) atoms. The van der Waals surface area contributed by atoms with Gasteiger partial charge in [-0.05, 0) is 18.4 Å². The highest BCUT2D eigenvalue weighted by Gasteiger charge is 2.15. The summed E-state index contributed by atoms with van der Waals surface area (Å²) >= 11 is 3.44. The van der Waals surface area contributed by atoms with Crippen molar-refractivity contribution in [3.05, 3.63) is 35.4 Å². The van der Waals surface area contributed by atoms with Crippen molar-refractivity contribution in [2.24, 2.45) is 5.92 Å². The van der Waals surface area contributed by atoms with Crippen LogP contribution in [-0.4, -0.2) is 0 Å². The van der Waals surface area contributed by atoms with Crippen molar-refractivity contribution in [1.82, 2.24) is 0 Å². The maximum atomic E-state index is 13.4. The summed E-state index contributed by atoms with van der Waals surface area (Å²) in [7, 11) is 0. The van der Waals surface area contributed by atoms with E-state index in [0.29, 0.717) is 11.5 Å². The van der Waals surface area contributed by atoms with Gasteiger partial charge in [-0.25, -0.2) is 8.78 Å². The predicted molar refractivity (Wildman–Crippen MR) is 62.1 cm³/mol. The van der Waals surface area contributed by atoms with Crippen LogP contribution in [0.25, 0.3) is 0 Å². The van der Waals surface area contributed by atoms with Gasteiger partial charge in [-0.15, -0.1) is 0 Å². The van der Waals surface area contributed by atoms with E-state index >= 15 is 0 Å². The van der Waals surface area contributed by atoms with E-state index in [9.17, 15) is 8.78 Å². The highest BCUT2D eigenvalue weighted by atomic mass is 79.9. The first-order valence-corrected chi connectivity index (χ1v) is 6.05. The fourth-order valence-corrected chi connectivity index (χ4v) is 2.41. The standard InChI is InChI=1S/C12H15BrF2/c1-3-8(2)6-11(13)10-5-4-9(14)7-12(10)15/h4-5,7-8,11H,3,6H2,1-2H3. The van der Waals surface area contributed by atoms with E-state index in [1.54, 1.807) is 0 Å². The van der Waals surface area contributed by atoms with Crippen LogP contribution in [0.1, 0.15) is 37.1 Å². The Kier molecular flexibility index (Phi) is 4.71. The Hall–Kier alpha value is -0.440. The van der Waals surface area contributed by atoms with Crippen LogP contribution in [0.2, 0.25) is 0 Å². The third kappa shape index (κ3) is 3.56. The Labute approximate surface area is 97.8 Å². The van der Waals surface area contributed by atoms with Crippen LogP contribution < -0.4 is 0 Å². The molecule has 2 unspecified atom stereocenters. The van der Waals surface area contributed by atoms with Crippen molar-refractivity contribution in [2.75, 3.05) is 0 Å². The number of benzene rings is 1. The molecule has 0 heterocycles. The Bertz CT molecular complexity index is 325. The molecule has 0 nitrogen and oxygen atoms in total. The topological polar surface area (TPSA) is 0 Å². The van der Waals surface area contributed by atoms with Crippen molar-refractivity contribution < 1.29 is 8.78 Å². The van der Waals surface area contributed by atoms with Crippen LogP contribution in [0.3, 0.4) is 0 Å². The zero-order valence-corrected chi connectivity index (χ0v) is 10.5. The largest absolute Gasteiger partial charge is 0.207 e. The summed E-state index contributed by atoms with van der Waals surface area (Å²) in [5.74, 6) is -0.474. The summed E-state index contributed by atoms with van der Waals surface area (Å²) < 4.78 is 26.1. The number of hydrogen-bond donors (Lipinski definition) is 0. The fraction of sp³-hybridized carbons (Fsp3) is 0.500. The molecule has 0 N–H and O–H groups in total. The van der Waals surface area contributed by atoms with E-state index < -0.39 is 11.6 Å². The van der Waals surface area contributed by atoms with Crippen molar-refractivity contribution in [1.29, 1.82) is 0 Å². The molecule has 3 heteroatoms. The molecule has 1 aromatic carbocycles. The summed E-state index contributed by atoms with van der Waals surface area (Å²) in [4.78, 5) is -0.0342. The van der Waals surface area contributed by atoms with E-state index in [0.717, 1.165) is 18.9 Å². The monoisotopic (exact) mass is 276 g/mol. The lowest BCUT2D eigenvalue weighted by molar-refractivity contribution is 0.501. The van der Waals surface area contributed by atoms with Gasteiger partial charge in [0.2, 0.25) is 0 Å². The van der Waals surface area contributed by atoms with E-state index in [4.69, 9.17) is 0 Å². The molecule has 84 valence electrons. The minimum atomic E-state index is -0.528. The summed E-state index contributed by atoms with van der Waals surface area (Å²) in [6.07, 6.45) is 1.92. The molecule has 0 aliphatic heterocycles. The SMILES string of the molecule is CCC(C)CC(Br)c1ccc(F)cc1F. The molecule has 1 aromatic rings. The van der Waals surface area contributed by atoms with Gasteiger partial charge in [-0.1, -0.05) is 42.3 Å². The maximum Gasteiger partial charge on any atom is 0.130 e. The Balaban J connectivity index is 2.77. The second kappa shape index (κ2) is 5.59. The molecule has 0 aromatic heterocycles. The lowest BCUT2D eigenvalue weighted by Crippen LogP contribution is -2.01. The molecular weight excluding hydrogens is 262 g/mol. The molecule has 0 saturated heterocycles. The lowest BCUT2D eigenvalue weighted by Gasteiger charge is -2.15. The van der Waals surface area contributed by atoms with Gasteiger partial charge in [0.15, 0.2) is 0 Å². The number of alkyl halides is 1. The van der Waals surface area contributed by atoms with Crippen molar-refractivity contribution in [3.8, 4) is 0 Å². The molecule has 2 atom stereocenters. The van der Waals surface area contributed by atoms with Gasteiger partial charge in [0.05, 0.1) is 0 Å². The van der Waals surface area contributed by atoms with E-state index in [2.05, 4.69) is 29.8 Å². The second-order valence-electron chi connectivity index (χ2n) is 3.88. The zero-order valence-electron chi connectivity index (χ0n) is 8.93. The van der Waals surface area contributed by atoms with Crippen molar-refractivity contribution >= 4 is 15.9 Å². The first-order valence-electron chi connectivity index (χ1n) is 5.13. The first-order chi connectivity index (χ1) is 7.04. The van der Waals surface area contributed by atoms with Crippen molar-refractivity contribution in [2.45, 2.75) is 31.5 Å². The summed E-state index contributed by atoms with van der Waals surface area (Å²) in [6, 6.07) is 3.73. The van der Waals surface area contributed by atoms with Crippen LogP contribution in [0, 0.1) is 17.6 Å². The smallest absolute Gasteiger partial charge is 0.130 e. The number of hydrogen-bond acceptors (Lipinski definition) is 0. The molecular formula is C12H15BrF2. The van der Waals surface area contributed by atoms with Crippen LogP contribution in [-0.2, 0) is 0 Å². The van der Waals surface area contributed by atoms with Gasteiger partial charge in [0.1, 0.15) is 11.6 Å². The van der Waals surface area contributed by atoms with E-state index in [1.807, 2.05) is 0 Å². The molecule has 1 rings (SSSR count). The Morgan fingerprint density at radius 2 is 2.00 bits per heavy atom. The van der Waals surface area contributed by atoms with Gasteiger partial charge in [0, 0.05) is 16.5 Å². The molecule has 0 saturated carbocycles. The number of rotatable bonds is 4. The van der Waals surface area contributed by atoms with E-state index in [-0.39, 0.29) is 4.83 Å². The van der Waals surface area contributed by atoms with Crippen LogP contribution in [0.15, 0.2) is 18.2 Å². The Morgan fingerprint density at radius 1 is 1.33 bits per heavy atom. The van der Waals surface area contributed by atoms with Gasteiger partial charge in [-0.3, -0.25) is 0 Å². The summed E-state index contributed by atoms with van der Waals surface area (Å²) in [6.45, 7) is 4.22. The fourth-order valence-electron chi connectivity index (χ4n) is 1.40. The maximum absolute atomic E-state index is 13.4. The molecule has 0 aliphatic rings. The quantitative estimate of drug-likeness (QED) is 0.691. The number of halogens is 3. The average Bonchev–Trinajstić information content (AvgIpc) is 2.17. The summed E-state index contributed by atoms with van der Waals surface area (Å²) in [5, 5.41) is 0. The van der Waals surface area contributed by atoms with Gasteiger partial charge in [-0.2, -0.15) is 0 Å². The third-order valence-corrected chi connectivity index (χ3v) is 3.47. The normalized spacial score (nSPS) is 15.0. The van der Waals surface area contributed by atoms with Gasteiger partial charge >= 0.3 is 0 Å². The van der Waals surface area contributed by atoms with Crippen LogP contribution >= 0.6 is 15.9 Å². The minimum absolute atomic E-state index is 0.0342. The predicted octanol–water partition coefficient (Wildman–Crippen LogP) is 4.84. The lowest BCUT2D eigenvalue weighted by atomic mass is 9.98. The Morgan fingerprint density at radius 3 is 2.53 bits per heavy atom. The van der Waals surface area contributed by atoms with Gasteiger partial charge < -0.3 is 0 Å². The van der Waals surface area contributed by atoms with E-state index in [1.165, 1.54) is 12.1 Å².